The molecule has 0 unspecified atom stereocenters. The van der Waals surface area contributed by atoms with Gasteiger partial charge in [0.2, 0.25) is 0 Å². The molecular weight excluding hydrogens is 346 g/mol. The lowest BCUT2D eigenvalue weighted by Gasteiger charge is -2.08. The highest BCUT2D eigenvalue weighted by Crippen LogP contribution is 2.24. The highest BCUT2D eigenvalue weighted by atomic mass is 35.5. The van der Waals surface area contributed by atoms with Crippen molar-refractivity contribution in [1.82, 2.24) is 25.1 Å². The molecule has 0 aliphatic carbocycles. The fraction of sp³-hybridized carbons (Fsp3) is 0.250. The summed E-state index contributed by atoms with van der Waals surface area (Å²) in [5, 5.41) is 8.28. The first-order chi connectivity index (χ1) is 11.6. The Labute approximate surface area is 148 Å². The second kappa shape index (κ2) is 7.19. The van der Waals surface area contributed by atoms with Crippen molar-refractivity contribution >= 4 is 40.3 Å². The molecule has 0 fully saturated rings. The number of amides is 1. The Morgan fingerprint density at radius 3 is 2.92 bits per heavy atom. The maximum Gasteiger partial charge on any atom is 0.252 e. The first kappa shape index (κ1) is 16.7. The van der Waals surface area contributed by atoms with Crippen molar-refractivity contribution in [3.63, 3.8) is 0 Å². The number of fused-ring (bicyclic) bond motifs is 1. The molecule has 0 aromatic carbocycles. The van der Waals surface area contributed by atoms with Gasteiger partial charge in [-0.05, 0) is 24.5 Å². The van der Waals surface area contributed by atoms with Gasteiger partial charge in [-0.1, -0.05) is 11.6 Å². The zero-order valence-corrected chi connectivity index (χ0v) is 14.9. The zero-order chi connectivity index (χ0) is 17.1. The molecule has 0 spiro atoms. The molecule has 0 bridgehead atoms. The molecular formula is C16H16ClN5OS. The Morgan fingerprint density at radius 2 is 2.21 bits per heavy atom. The Kier molecular flexibility index (Phi) is 5.01. The average Bonchev–Trinajstić information content (AvgIpc) is 2.96. The molecule has 8 heteroatoms. The largest absolute Gasteiger partial charge is 0.351 e. The van der Waals surface area contributed by atoms with Gasteiger partial charge < -0.3 is 5.32 Å². The van der Waals surface area contributed by atoms with Gasteiger partial charge in [-0.25, -0.2) is 9.97 Å². The van der Waals surface area contributed by atoms with Gasteiger partial charge in [0.05, 0.1) is 22.8 Å². The Bertz CT molecular complexity index is 878. The molecule has 6 nitrogen and oxygen atoms in total. The van der Waals surface area contributed by atoms with E-state index in [4.69, 9.17) is 11.6 Å². The number of hydrogen-bond donors (Lipinski definition) is 1. The number of nitrogens with zero attached hydrogens (tertiary/aromatic N) is 4. The molecule has 0 atom stereocenters. The maximum atomic E-state index is 12.6. The van der Waals surface area contributed by atoms with Crippen LogP contribution in [0.15, 0.2) is 30.6 Å². The van der Waals surface area contributed by atoms with E-state index >= 15 is 0 Å². The summed E-state index contributed by atoms with van der Waals surface area (Å²) >= 11 is 7.53. The molecule has 124 valence electrons. The second-order valence-electron chi connectivity index (χ2n) is 5.18. The monoisotopic (exact) mass is 361 g/mol. The van der Waals surface area contributed by atoms with E-state index in [1.165, 1.54) is 0 Å². The lowest BCUT2D eigenvalue weighted by Crippen LogP contribution is -2.26. The predicted molar refractivity (Wildman–Crippen MR) is 97.5 cm³/mol. The maximum absolute atomic E-state index is 12.6. The number of carbonyl (C=O) groups is 1. The molecule has 0 saturated carbocycles. The van der Waals surface area contributed by atoms with Crippen LogP contribution in [0.5, 0.6) is 0 Å². The standard InChI is InChI=1S/C16H16ClN5OS/c1-22-15-12(9-20-22)11(16(23)18-5-6-24-2)7-13(21-15)10-3-4-14(17)19-8-10/h3-4,7-9H,5-6H2,1-2H3,(H,18,23). The van der Waals surface area contributed by atoms with E-state index < -0.39 is 0 Å². The number of thioether (sulfide) groups is 1. The van der Waals surface area contributed by atoms with Gasteiger partial charge in [-0.2, -0.15) is 16.9 Å². The van der Waals surface area contributed by atoms with Gasteiger partial charge in [0.15, 0.2) is 5.65 Å². The minimum absolute atomic E-state index is 0.132. The number of rotatable bonds is 5. The topological polar surface area (TPSA) is 72.7 Å². The number of nitrogens with one attached hydrogen (secondary N) is 1. The van der Waals surface area contributed by atoms with E-state index in [1.807, 2.05) is 12.3 Å². The van der Waals surface area contributed by atoms with Gasteiger partial charge in [-0.15, -0.1) is 0 Å². The van der Waals surface area contributed by atoms with Crippen LogP contribution in [0.3, 0.4) is 0 Å². The van der Waals surface area contributed by atoms with Gasteiger partial charge in [0.1, 0.15) is 5.15 Å². The Hall–Kier alpha value is -2.12. The smallest absolute Gasteiger partial charge is 0.252 e. The summed E-state index contributed by atoms with van der Waals surface area (Å²) in [6.07, 6.45) is 5.31. The summed E-state index contributed by atoms with van der Waals surface area (Å²) in [4.78, 5) is 21.2. The molecule has 3 aromatic rings. The van der Waals surface area contributed by atoms with Gasteiger partial charge in [0, 0.05) is 31.1 Å². The third kappa shape index (κ3) is 3.37. The number of aromatic nitrogens is 4. The summed E-state index contributed by atoms with van der Waals surface area (Å²) in [7, 11) is 1.80. The predicted octanol–water partition coefficient (Wildman–Crippen LogP) is 2.78. The lowest BCUT2D eigenvalue weighted by molar-refractivity contribution is 0.0958. The van der Waals surface area contributed by atoms with Crippen LogP contribution in [0.25, 0.3) is 22.3 Å². The summed E-state index contributed by atoms with van der Waals surface area (Å²) in [6.45, 7) is 0.613. The second-order valence-corrected chi connectivity index (χ2v) is 6.55. The Balaban J connectivity index is 2.06. The van der Waals surface area contributed by atoms with Crippen molar-refractivity contribution in [2.75, 3.05) is 18.6 Å². The van der Waals surface area contributed by atoms with Crippen molar-refractivity contribution in [2.24, 2.45) is 7.05 Å². The molecule has 1 N–H and O–H groups in total. The quantitative estimate of drug-likeness (QED) is 0.558. The van der Waals surface area contributed by atoms with Gasteiger partial charge >= 0.3 is 0 Å². The summed E-state index contributed by atoms with van der Waals surface area (Å²) in [5.41, 5.74) is 2.66. The van der Waals surface area contributed by atoms with Crippen molar-refractivity contribution in [1.29, 1.82) is 0 Å². The first-order valence-electron chi connectivity index (χ1n) is 7.32. The molecule has 0 saturated heterocycles. The summed E-state index contributed by atoms with van der Waals surface area (Å²) in [5.74, 6) is 0.730. The van der Waals surface area contributed by atoms with E-state index in [0.717, 1.165) is 16.7 Å². The van der Waals surface area contributed by atoms with Crippen LogP contribution in [-0.4, -0.2) is 44.2 Å². The van der Waals surface area contributed by atoms with E-state index in [2.05, 4.69) is 20.4 Å². The number of hydrogen-bond acceptors (Lipinski definition) is 5. The van der Waals surface area contributed by atoms with E-state index in [-0.39, 0.29) is 5.91 Å². The van der Waals surface area contributed by atoms with Crippen molar-refractivity contribution in [2.45, 2.75) is 0 Å². The van der Waals surface area contributed by atoms with Crippen LogP contribution in [0.1, 0.15) is 10.4 Å². The summed E-state index contributed by atoms with van der Waals surface area (Å²) < 4.78 is 1.65. The number of halogens is 1. The first-order valence-corrected chi connectivity index (χ1v) is 9.09. The fourth-order valence-electron chi connectivity index (χ4n) is 2.34. The molecule has 3 heterocycles. The van der Waals surface area contributed by atoms with Crippen LogP contribution < -0.4 is 5.32 Å². The van der Waals surface area contributed by atoms with Crippen molar-refractivity contribution in [3.05, 3.63) is 41.3 Å². The molecule has 0 aliphatic heterocycles. The van der Waals surface area contributed by atoms with Gasteiger partial charge in [-0.3, -0.25) is 9.48 Å². The molecule has 0 aliphatic rings. The van der Waals surface area contributed by atoms with E-state index in [1.54, 1.807) is 48.0 Å². The average molecular weight is 362 g/mol. The number of pyridine rings is 2. The van der Waals surface area contributed by atoms with Crippen LogP contribution in [0.4, 0.5) is 0 Å². The number of carbonyl (C=O) groups excluding carboxylic acids is 1. The van der Waals surface area contributed by atoms with Crippen LogP contribution in [-0.2, 0) is 7.05 Å². The van der Waals surface area contributed by atoms with Crippen LogP contribution in [0.2, 0.25) is 5.15 Å². The Morgan fingerprint density at radius 1 is 1.38 bits per heavy atom. The highest BCUT2D eigenvalue weighted by molar-refractivity contribution is 7.98. The van der Waals surface area contributed by atoms with E-state index in [9.17, 15) is 4.79 Å². The fourth-order valence-corrected chi connectivity index (χ4v) is 2.76. The number of aryl methyl sites for hydroxylation is 1. The highest BCUT2D eigenvalue weighted by Gasteiger charge is 2.16. The third-order valence-electron chi connectivity index (χ3n) is 3.56. The molecule has 24 heavy (non-hydrogen) atoms. The minimum atomic E-state index is -0.132. The van der Waals surface area contributed by atoms with Crippen molar-refractivity contribution in [3.8, 4) is 11.3 Å². The third-order valence-corrected chi connectivity index (χ3v) is 4.40. The van der Waals surface area contributed by atoms with Crippen molar-refractivity contribution < 1.29 is 4.79 Å². The molecule has 3 rings (SSSR count). The van der Waals surface area contributed by atoms with E-state index in [0.29, 0.717) is 28.6 Å². The molecule has 3 aromatic heterocycles. The molecule has 0 radical (unpaired) electrons. The lowest BCUT2D eigenvalue weighted by atomic mass is 10.1. The van der Waals surface area contributed by atoms with Gasteiger partial charge in [0.25, 0.3) is 5.91 Å². The zero-order valence-electron chi connectivity index (χ0n) is 13.3. The normalized spacial score (nSPS) is 11.0. The molecule has 1 amide bonds. The minimum Gasteiger partial charge on any atom is -0.351 e. The summed E-state index contributed by atoms with van der Waals surface area (Å²) in [6, 6.07) is 5.29. The van der Waals surface area contributed by atoms with Crippen LogP contribution in [0, 0.1) is 0 Å². The SMILES string of the molecule is CSCCNC(=O)c1cc(-c2ccc(Cl)nc2)nc2c1cnn2C. The van der Waals surface area contributed by atoms with Crippen LogP contribution >= 0.6 is 23.4 Å².